The highest BCUT2D eigenvalue weighted by Gasteiger charge is 2.14. The largest absolute Gasteiger partial charge is 0.355 e. The third kappa shape index (κ3) is 6.25. The molecule has 1 aliphatic rings. The Labute approximate surface area is 265 Å². The molecule has 0 bridgehead atoms. The number of para-hydroxylation sites is 1. The second-order valence-electron chi connectivity index (χ2n) is 11.4. The molecule has 1 N–H and O–H groups in total. The van der Waals surface area contributed by atoms with Crippen molar-refractivity contribution in [3.63, 3.8) is 0 Å². The maximum atomic E-state index is 9.47. The van der Waals surface area contributed by atoms with Crippen molar-refractivity contribution in [2.24, 2.45) is 5.92 Å². The number of benzene rings is 6. The van der Waals surface area contributed by atoms with Gasteiger partial charge in [-0.2, -0.15) is 5.26 Å². The standard InChI is InChI=1S/C43H32N2/c44-30-31-10-7-13-35(26-31)38-16-9-17-39(28-38)40-24-25-43(45-41-18-5-2-6-19-41)42(29-40)34-22-20-33(21-23-34)37-15-8-14-36(27-37)32-11-3-1-4-12-32/h1-25,27-29,31,45H,26H2. The quantitative estimate of drug-likeness (QED) is 0.205. The molecule has 45 heavy (non-hydrogen) atoms. The van der Waals surface area contributed by atoms with E-state index in [0.29, 0.717) is 0 Å². The summed E-state index contributed by atoms with van der Waals surface area (Å²) in [6, 6.07) is 56.1. The van der Waals surface area contributed by atoms with Crippen molar-refractivity contribution >= 4 is 16.9 Å². The Balaban J connectivity index is 1.25. The van der Waals surface area contributed by atoms with Crippen LogP contribution in [0.5, 0.6) is 0 Å². The van der Waals surface area contributed by atoms with E-state index in [0.717, 1.165) is 45.6 Å². The van der Waals surface area contributed by atoms with Crippen LogP contribution in [0.2, 0.25) is 0 Å². The number of nitrogens with one attached hydrogen (secondary N) is 1. The van der Waals surface area contributed by atoms with E-state index in [-0.39, 0.29) is 5.92 Å². The molecule has 214 valence electrons. The predicted molar refractivity (Wildman–Crippen MR) is 189 cm³/mol. The minimum Gasteiger partial charge on any atom is -0.355 e. The highest BCUT2D eigenvalue weighted by molar-refractivity contribution is 5.87. The van der Waals surface area contributed by atoms with E-state index in [9.17, 15) is 5.26 Å². The highest BCUT2D eigenvalue weighted by atomic mass is 14.9. The molecule has 6 aromatic carbocycles. The molecule has 1 aliphatic carbocycles. The molecule has 0 heterocycles. The lowest BCUT2D eigenvalue weighted by atomic mass is 9.89. The van der Waals surface area contributed by atoms with Crippen LogP contribution in [0.25, 0.3) is 50.1 Å². The average Bonchev–Trinajstić information content (AvgIpc) is 3.13. The Morgan fingerprint density at radius 2 is 1.04 bits per heavy atom. The first-order valence-corrected chi connectivity index (χ1v) is 15.3. The topological polar surface area (TPSA) is 35.8 Å². The van der Waals surface area contributed by atoms with Crippen molar-refractivity contribution in [3.05, 3.63) is 175 Å². The first-order chi connectivity index (χ1) is 22.2. The Morgan fingerprint density at radius 3 is 1.76 bits per heavy atom. The summed E-state index contributed by atoms with van der Waals surface area (Å²) in [6.07, 6.45) is 6.84. The van der Waals surface area contributed by atoms with Crippen LogP contribution in [0.3, 0.4) is 0 Å². The van der Waals surface area contributed by atoms with Crippen molar-refractivity contribution < 1.29 is 0 Å². The SMILES string of the molecule is N#CC1C=CC=C(c2cccc(-c3ccc(Nc4ccccc4)c(-c4ccc(-c5cccc(-c6ccccc6)c5)cc4)c3)c2)C1. The maximum Gasteiger partial charge on any atom is 0.0701 e. The van der Waals surface area contributed by atoms with E-state index in [1.807, 2.05) is 30.4 Å². The summed E-state index contributed by atoms with van der Waals surface area (Å²) in [5.41, 5.74) is 13.8. The smallest absolute Gasteiger partial charge is 0.0701 e. The van der Waals surface area contributed by atoms with Gasteiger partial charge in [-0.1, -0.05) is 133 Å². The van der Waals surface area contributed by atoms with Gasteiger partial charge in [0.05, 0.1) is 12.0 Å². The van der Waals surface area contributed by atoms with Crippen LogP contribution in [-0.2, 0) is 0 Å². The summed E-state index contributed by atoms with van der Waals surface area (Å²) >= 11 is 0. The van der Waals surface area contributed by atoms with Crippen molar-refractivity contribution in [1.82, 2.24) is 0 Å². The fourth-order valence-electron chi connectivity index (χ4n) is 5.98. The molecular weight excluding hydrogens is 544 g/mol. The minimum absolute atomic E-state index is 0.0765. The van der Waals surface area contributed by atoms with E-state index in [1.54, 1.807) is 0 Å². The van der Waals surface area contributed by atoms with Crippen LogP contribution < -0.4 is 5.32 Å². The van der Waals surface area contributed by atoms with Crippen LogP contribution in [0.1, 0.15) is 12.0 Å². The molecule has 0 spiro atoms. The lowest BCUT2D eigenvalue weighted by Crippen LogP contribution is -1.99. The molecule has 0 radical (unpaired) electrons. The number of allylic oxidation sites excluding steroid dienone is 4. The van der Waals surface area contributed by atoms with Gasteiger partial charge in [0, 0.05) is 16.9 Å². The second kappa shape index (κ2) is 12.8. The first-order valence-electron chi connectivity index (χ1n) is 15.3. The monoisotopic (exact) mass is 576 g/mol. The molecule has 6 aromatic rings. The van der Waals surface area contributed by atoms with Gasteiger partial charge in [0.2, 0.25) is 0 Å². The molecule has 2 heteroatoms. The summed E-state index contributed by atoms with van der Waals surface area (Å²) in [5, 5.41) is 13.1. The highest BCUT2D eigenvalue weighted by Crippen LogP contribution is 2.37. The minimum atomic E-state index is -0.0765. The number of nitrogens with zero attached hydrogens (tertiary/aromatic N) is 1. The zero-order valence-corrected chi connectivity index (χ0v) is 24.9. The van der Waals surface area contributed by atoms with Crippen LogP contribution in [0, 0.1) is 17.2 Å². The molecule has 0 aliphatic heterocycles. The van der Waals surface area contributed by atoms with Gasteiger partial charge in [-0.05, 0) is 92.9 Å². The Hall–Kier alpha value is -5.91. The van der Waals surface area contributed by atoms with Crippen molar-refractivity contribution in [2.45, 2.75) is 6.42 Å². The van der Waals surface area contributed by atoms with Crippen LogP contribution >= 0.6 is 0 Å². The van der Waals surface area contributed by atoms with Crippen LogP contribution in [0.4, 0.5) is 11.4 Å². The molecular formula is C43H32N2. The fourth-order valence-corrected chi connectivity index (χ4v) is 5.98. The number of anilines is 2. The van der Waals surface area contributed by atoms with Crippen molar-refractivity contribution in [1.29, 1.82) is 5.26 Å². The predicted octanol–water partition coefficient (Wildman–Crippen LogP) is 11.6. The Bertz CT molecular complexity index is 2050. The van der Waals surface area contributed by atoms with Gasteiger partial charge < -0.3 is 5.32 Å². The van der Waals surface area contributed by atoms with Crippen molar-refractivity contribution in [3.8, 4) is 50.6 Å². The van der Waals surface area contributed by atoms with E-state index in [4.69, 9.17) is 0 Å². The van der Waals surface area contributed by atoms with E-state index in [2.05, 4.69) is 151 Å². The van der Waals surface area contributed by atoms with Crippen LogP contribution in [0.15, 0.2) is 170 Å². The average molecular weight is 577 g/mol. The van der Waals surface area contributed by atoms with Gasteiger partial charge in [-0.15, -0.1) is 0 Å². The zero-order chi connectivity index (χ0) is 30.4. The molecule has 0 aromatic heterocycles. The number of rotatable bonds is 7. The molecule has 1 atom stereocenters. The third-order valence-corrected chi connectivity index (χ3v) is 8.38. The summed E-state index contributed by atoms with van der Waals surface area (Å²) in [5.74, 6) is -0.0765. The molecule has 0 fully saturated rings. The van der Waals surface area contributed by atoms with Gasteiger partial charge in [0.15, 0.2) is 0 Å². The summed E-state index contributed by atoms with van der Waals surface area (Å²) in [4.78, 5) is 0. The maximum absolute atomic E-state index is 9.47. The van der Waals surface area contributed by atoms with E-state index < -0.39 is 0 Å². The number of hydrogen-bond acceptors (Lipinski definition) is 2. The molecule has 0 amide bonds. The van der Waals surface area contributed by atoms with E-state index >= 15 is 0 Å². The van der Waals surface area contributed by atoms with Crippen LogP contribution in [-0.4, -0.2) is 0 Å². The van der Waals surface area contributed by atoms with Crippen molar-refractivity contribution in [2.75, 3.05) is 5.32 Å². The van der Waals surface area contributed by atoms with Gasteiger partial charge in [0.1, 0.15) is 0 Å². The number of nitriles is 1. The number of hydrogen-bond donors (Lipinski definition) is 1. The zero-order valence-electron chi connectivity index (χ0n) is 24.9. The normalized spacial score (nSPS) is 13.9. The molecule has 1 unspecified atom stereocenters. The molecule has 0 saturated carbocycles. The third-order valence-electron chi connectivity index (χ3n) is 8.38. The summed E-state index contributed by atoms with van der Waals surface area (Å²) < 4.78 is 0. The summed E-state index contributed by atoms with van der Waals surface area (Å²) in [7, 11) is 0. The lowest BCUT2D eigenvalue weighted by molar-refractivity contribution is 0.852. The fraction of sp³-hybridized carbons (Fsp3) is 0.0465. The van der Waals surface area contributed by atoms with Gasteiger partial charge in [0.25, 0.3) is 0 Å². The van der Waals surface area contributed by atoms with Gasteiger partial charge in [-0.3, -0.25) is 0 Å². The molecule has 7 rings (SSSR count). The molecule has 0 saturated heterocycles. The van der Waals surface area contributed by atoms with Gasteiger partial charge >= 0.3 is 0 Å². The van der Waals surface area contributed by atoms with Gasteiger partial charge in [-0.25, -0.2) is 0 Å². The Kier molecular flexibility index (Phi) is 7.91. The lowest BCUT2D eigenvalue weighted by Gasteiger charge is -2.17. The second-order valence-corrected chi connectivity index (χ2v) is 11.4. The first kappa shape index (κ1) is 27.9. The summed E-state index contributed by atoms with van der Waals surface area (Å²) in [6.45, 7) is 0. The molecule has 2 nitrogen and oxygen atoms in total. The van der Waals surface area contributed by atoms with E-state index in [1.165, 1.54) is 27.8 Å². The Morgan fingerprint density at radius 1 is 0.511 bits per heavy atom.